The van der Waals surface area contributed by atoms with Crippen LogP contribution < -0.4 is 0 Å². The van der Waals surface area contributed by atoms with E-state index in [1.165, 1.54) is 24.0 Å². The lowest BCUT2D eigenvalue weighted by atomic mass is 9.90. The first kappa shape index (κ1) is 8.12. The van der Waals surface area contributed by atoms with E-state index in [2.05, 4.69) is 0 Å². The summed E-state index contributed by atoms with van der Waals surface area (Å²) in [7, 11) is 0. The third-order valence-electron chi connectivity index (χ3n) is 2.58. The van der Waals surface area contributed by atoms with Crippen LogP contribution in [0.25, 0.3) is 0 Å². The molecule has 13 heavy (non-hydrogen) atoms. The van der Waals surface area contributed by atoms with Crippen LogP contribution in [0.1, 0.15) is 29.5 Å². The summed E-state index contributed by atoms with van der Waals surface area (Å²) < 4.78 is 0. The van der Waals surface area contributed by atoms with Crippen molar-refractivity contribution in [1.29, 1.82) is 5.26 Å². The van der Waals surface area contributed by atoms with Gasteiger partial charge in [0.25, 0.3) is 0 Å². The number of rotatable bonds is 0. The normalized spacial score (nSPS) is 14.7. The fraction of sp³-hybridized carbons (Fsp3) is 0.364. The topological polar surface area (TPSA) is 44.0 Å². The van der Waals surface area contributed by atoms with E-state index in [1.807, 2.05) is 12.1 Å². The van der Waals surface area contributed by atoms with Gasteiger partial charge in [-0.25, -0.2) is 0 Å². The highest BCUT2D eigenvalue weighted by Crippen LogP contribution is 2.27. The minimum atomic E-state index is 0.128. The zero-order chi connectivity index (χ0) is 9.26. The van der Waals surface area contributed by atoms with E-state index in [9.17, 15) is 5.11 Å². The van der Waals surface area contributed by atoms with Crippen molar-refractivity contribution in [3.05, 3.63) is 28.8 Å². The van der Waals surface area contributed by atoms with Gasteiger partial charge >= 0.3 is 0 Å². The van der Waals surface area contributed by atoms with Crippen LogP contribution in [0.4, 0.5) is 0 Å². The van der Waals surface area contributed by atoms with Crippen molar-refractivity contribution in [1.82, 2.24) is 0 Å². The lowest BCUT2D eigenvalue weighted by molar-refractivity contribution is 0.471. The molecule has 0 bridgehead atoms. The van der Waals surface area contributed by atoms with E-state index in [1.54, 1.807) is 6.07 Å². The minimum Gasteiger partial charge on any atom is -0.507 e. The van der Waals surface area contributed by atoms with E-state index in [4.69, 9.17) is 5.26 Å². The fourth-order valence-corrected chi connectivity index (χ4v) is 1.86. The number of phenolic OH excluding ortho intramolecular Hbond substituents is 1. The Morgan fingerprint density at radius 2 is 1.77 bits per heavy atom. The van der Waals surface area contributed by atoms with Crippen molar-refractivity contribution in [2.75, 3.05) is 0 Å². The van der Waals surface area contributed by atoms with Crippen molar-refractivity contribution < 1.29 is 5.11 Å². The van der Waals surface area contributed by atoms with Gasteiger partial charge in [-0.1, -0.05) is 0 Å². The van der Waals surface area contributed by atoms with Crippen molar-refractivity contribution in [3.63, 3.8) is 0 Å². The standard InChI is InChI=1S/C11H11NO/c12-7-10-5-8-3-1-2-4-9(8)6-11(10)13/h5-6,13H,1-4H2. The third-order valence-corrected chi connectivity index (χ3v) is 2.58. The maximum atomic E-state index is 9.44. The van der Waals surface area contributed by atoms with Crippen LogP contribution in [0.5, 0.6) is 5.75 Å². The molecule has 0 amide bonds. The van der Waals surface area contributed by atoms with Crippen molar-refractivity contribution in [2.24, 2.45) is 0 Å². The van der Waals surface area contributed by atoms with Gasteiger partial charge in [0.1, 0.15) is 11.8 Å². The molecule has 1 N–H and O–H groups in total. The average Bonchev–Trinajstić information content (AvgIpc) is 2.17. The second-order valence-electron chi connectivity index (χ2n) is 3.46. The molecule has 0 aliphatic heterocycles. The van der Waals surface area contributed by atoms with Crippen LogP contribution in [0.3, 0.4) is 0 Å². The summed E-state index contributed by atoms with van der Waals surface area (Å²) in [4.78, 5) is 0. The van der Waals surface area contributed by atoms with Crippen LogP contribution in [-0.2, 0) is 12.8 Å². The van der Waals surface area contributed by atoms with Gasteiger partial charge in [-0.2, -0.15) is 5.26 Å². The Morgan fingerprint density at radius 1 is 1.15 bits per heavy atom. The number of hydrogen-bond donors (Lipinski definition) is 1. The SMILES string of the molecule is N#Cc1cc2c(cc1O)CCCC2. The number of phenols is 1. The molecule has 0 saturated carbocycles. The largest absolute Gasteiger partial charge is 0.507 e. The molecule has 2 nitrogen and oxygen atoms in total. The second kappa shape index (κ2) is 3.10. The molecular weight excluding hydrogens is 162 g/mol. The number of nitrogens with zero attached hydrogens (tertiary/aromatic N) is 1. The number of aromatic hydroxyl groups is 1. The highest BCUT2D eigenvalue weighted by molar-refractivity contribution is 5.48. The summed E-state index contributed by atoms with van der Waals surface area (Å²) >= 11 is 0. The van der Waals surface area contributed by atoms with E-state index < -0.39 is 0 Å². The number of aryl methyl sites for hydroxylation is 2. The third kappa shape index (κ3) is 1.38. The molecule has 1 aliphatic rings. The number of hydrogen-bond acceptors (Lipinski definition) is 2. The smallest absolute Gasteiger partial charge is 0.133 e. The molecule has 2 heteroatoms. The lowest BCUT2D eigenvalue weighted by Crippen LogP contribution is -2.02. The van der Waals surface area contributed by atoms with E-state index in [-0.39, 0.29) is 5.75 Å². The van der Waals surface area contributed by atoms with Gasteiger partial charge in [0, 0.05) is 0 Å². The minimum absolute atomic E-state index is 0.128. The second-order valence-corrected chi connectivity index (χ2v) is 3.46. The number of fused-ring (bicyclic) bond motifs is 1. The molecule has 0 spiro atoms. The van der Waals surface area contributed by atoms with Crippen LogP contribution >= 0.6 is 0 Å². The fourth-order valence-electron chi connectivity index (χ4n) is 1.86. The Morgan fingerprint density at radius 3 is 2.38 bits per heavy atom. The molecule has 0 fully saturated rings. The molecule has 1 aliphatic carbocycles. The molecular formula is C11H11NO. The average molecular weight is 173 g/mol. The first-order chi connectivity index (χ1) is 6.31. The van der Waals surface area contributed by atoms with Gasteiger partial charge < -0.3 is 5.11 Å². The van der Waals surface area contributed by atoms with Gasteiger partial charge in [0.15, 0.2) is 0 Å². The van der Waals surface area contributed by atoms with Gasteiger partial charge in [-0.3, -0.25) is 0 Å². The summed E-state index contributed by atoms with van der Waals surface area (Å²) in [5, 5.41) is 18.2. The number of benzene rings is 1. The Balaban J connectivity index is 2.52. The predicted molar refractivity (Wildman–Crippen MR) is 49.5 cm³/mol. The van der Waals surface area contributed by atoms with Gasteiger partial charge in [-0.05, 0) is 48.9 Å². The van der Waals surface area contributed by atoms with E-state index in [0.717, 1.165) is 12.8 Å². The van der Waals surface area contributed by atoms with Crippen molar-refractivity contribution >= 4 is 0 Å². The highest BCUT2D eigenvalue weighted by Gasteiger charge is 2.12. The molecule has 0 radical (unpaired) electrons. The maximum Gasteiger partial charge on any atom is 0.133 e. The van der Waals surface area contributed by atoms with Crippen molar-refractivity contribution in [2.45, 2.75) is 25.7 Å². The predicted octanol–water partition coefficient (Wildman–Crippen LogP) is 2.14. The zero-order valence-electron chi connectivity index (χ0n) is 7.38. The van der Waals surface area contributed by atoms with Crippen LogP contribution in [0, 0.1) is 11.3 Å². The lowest BCUT2D eigenvalue weighted by Gasteiger charge is -2.15. The summed E-state index contributed by atoms with van der Waals surface area (Å²) in [6.07, 6.45) is 4.47. The number of nitriles is 1. The van der Waals surface area contributed by atoms with Gasteiger partial charge in [-0.15, -0.1) is 0 Å². The van der Waals surface area contributed by atoms with Crippen molar-refractivity contribution in [3.8, 4) is 11.8 Å². The summed E-state index contributed by atoms with van der Waals surface area (Å²) in [6.45, 7) is 0. The van der Waals surface area contributed by atoms with E-state index in [0.29, 0.717) is 5.56 Å². The summed E-state index contributed by atoms with van der Waals surface area (Å²) in [6, 6.07) is 5.56. The monoisotopic (exact) mass is 173 g/mol. The molecule has 2 rings (SSSR count). The summed E-state index contributed by atoms with van der Waals surface area (Å²) in [5.74, 6) is 0.128. The quantitative estimate of drug-likeness (QED) is 0.653. The Bertz CT molecular complexity index is 376. The first-order valence-electron chi connectivity index (χ1n) is 4.56. The molecule has 66 valence electrons. The van der Waals surface area contributed by atoms with Gasteiger partial charge in [0.05, 0.1) is 5.56 Å². The Hall–Kier alpha value is -1.49. The Labute approximate surface area is 77.4 Å². The van der Waals surface area contributed by atoms with Gasteiger partial charge in [0.2, 0.25) is 0 Å². The molecule has 0 aromatic heterocycles. The first-order valence-corrected chi connectivity index (χ1v) is 4.56. The Kier molecular flexibility index (Phi) is 1.94. The highest BCUT2D eigenvalue weighted by atomic mass is 16.3. The molecule has 0 saturated heterocycles. The molecule has 1 aromatic carbocycles. The molecule has 0 unspecified atom stereocenters. The zero-order valence-corrected chi connectivity index (χ0v) is 7.38. The summed E-state index contributed by atoms with van der Waals surface area (Å²) in [5.41, 5.74) is 2.85. The van der Waals surface area contributed by atoms with Crippen LogP contribution in [-0.4, -0.2) is 5.11 Å². The van der Waals surface area contributed by atoms with Crippen LogP contribution in [0.15, 0.2) is 12.1 Å². The molecule has 1 aromatic rings. The maximum absolute atomic E-state index is 9.44. The van der Waals surface area contributed by atoms with E-state index >= 15 is 0 Å². The van der Waals surface area contributed by atoms with Crippen LogP contribution in [0.2, 0.25) is 0 Å². The molecule has 0 atom stereocenters. The molecule has 0 heterocycles.